The smallest absolute Gasteiger partial charge is 0.251 e. The van der Waals surface area contributed by atoms with Gasteiger partial charge in [0.25, 0.3) is 5.91 Å². The Morgan fingerprint density at radius 1 is 1.04 bits per heavy atom. The SMILES string of the molecule is CC(C)(C)c1nc(-c2ccc(C(=O)NCc3ccccc3)cc2)no1. The third-order valence-electron chi connectivity index (χ3n) is 3.77. The van der Waals surface area contributed by atoms with Crippen LogP contribution in [-0.4, -0.2) is 16.0 Å². The fraction of sp³-hybridized carbons (Fsp3) is 0.250. The second-order valence-corrected chi connectivity index (χ2v) is 6.92. The molecule has 128 valence electrons. The van der Waals surface area contributed by atoms with Gasteiger partial charge in [0, 0.05) is 23.1 Å². The molecule has 0 aliphatic rings. The first kappa shape index (κ1) is 16.9. The van der Waals surface area contributed by atoms with Crippen molar-refractivity contribution in [3.05, 3.63) is 71.6 Å². The molecule has 25 heavy (non-hydrogen) atoms. The van der Waals surface area contributed by atoms with Gasteiger partial charge in [-0.1, -0.05) is 68.4 Å². The molecule has 1 N–H and O–H groups in total. The first-order chi connectivity index (χ1) is 11.9. The summed E-state index contributed by atoms with van der Waals surface area (Å²) in [5.41, 5.74) is 2.29. The van der Waals surface area contributed by atoms with Crippen LogP contribution in [-0.2, 0) is 12.0 Å². The number of amides is 1. The zero-order valence-corrected chi connectivity index (χ0v) is 14.6. The average molecular weight is 335 g/mol. The molecule has 1 aromatic heterocycles. The highest BCUT2D eigenvalue weighted by Gasteiger charge is 2.22. The maximum atomic E-state index is 12.2. The fourth-order valence-electron chi connectivity index (χ4n) is 2.30. The Kier molecular flexibility index (Phi) is 4.65. The van der Waals surface area contributed by atoms with Gasteiger partial charge in [-0.25, -0.2) is 0 Å². The quantitative estimate of drug-likeness (QED) is 0.783. The molecule has 0 saturated heterocycles. The standard InChI is InChI=1S/C20H21N3O2/c1-20(2,3)19-22-17(23-25-19)15-9-11-16(12-10-15)18(24)21-13-14-7-5-4-6-8-14/h4-12H,13H2,1-3H3,(H,21,24). The number of hydrogen-bond donors (Lipinski definition) is 1. The lowest BCUT2D eigenvalue weighted by atomic mass is 9.97. The molecule has 0 radical (unpaired) electrons. The van der Waals surface area contributed by atoms with Crippen LogP contribution < -0.4 is 5.32 Å². The molecule has 0 saturated carbocycles. The Balaban J connectivity index is 1.67. The highest BCUT2D eigenvalue weighted by molar-refractivity contribution is 5.94. The van der Waals surface area contributed by atoms with Crippen molar-refractivity contribution in [2.45, 2.75) is 32.7 Å². The lowest BCUT2D eigenvalue weighted by Gasteiger charge is -2.10. The molecule has 0 spiro atoms. The third kappa shape index (κ3) is 4.12. The lowest BCUT2D eigenvalue weighted by molar-refractivity contribution is 0.0951. The van der Waals surface area contributed by atoms with Gasteiger partial charge in [0.05, 0.1) is 0 Å². The van der Waals surface area contributed by atoms with Crippen LogP contribution in [0.15, 0.2) is 59.1 Å². The van der Waals surface area contributed by atoms with Crippen molar-refractivity contribution in [1.29, 1.82) is 0 Å². The van der Waals surface area contributed by atoms with Crippen molar-refractivity contribution in [2.24, 2.45) is 0 Å². The van der Waals surface area contributed by atoms with Gasteiger partial charge in [-0.2, -0.15) is 4.98 Å². The average Bonchev–Trinajstić information content (AvgIpc) is 3.11. The molecule has 3 rings (SSSR count). The van der Waals surface area contributed by atoms with Gasteiger partial charge in [0.15, 0.2) is 0 Å². The van der Waals surface area contributed by atoms with E-state index in [1.165, 1.54) is 0 Å². The summed E-state index contributed by atoms with van der Waals surface area (Å²) < 4.78 is 5.31. The number of carbonyl (C=O) groups excluding carboxylic acids is 1. The number of rotatable bonds is 4. The zero-order valence-electron chi connectivity index (χ0n) is 14.6. The van der Waals surface area contributed by atoms with Crippen molar-refractivity contribution in [3.63, 3.8) is 0 Å². The van der Waals surface area contributed by atoms with Crippen LogP contribution in [0.1, 0.15) is 42.6 Å². The van der Waals surface area contributed by atoms with Crippen molar-refractivity contribution in [2.75, 3.05) is 0 Å². The normalized spacial score (nSPS) is 11.3. The molecule has 5 nitrogen and oxygen atoms in total. The van der Waals surface area contributed by atoms with Crippen LogP contribution >= 0.6 is 0 Å². The number of hydrogen-bond acceptors (Lipinski definition) is 4. The topological polar surface area (TPSA) is 68.0 Å². The van der Waals surface area contributed by atoms with Crippen LogP contribution in [0.4, 0.5) is 0 Å². The van der Waals surface area contributed by atoms with Crippen LogP contribution in [0, 0.1) is 0 Å². The summed E-state index contributed by atoms with van der Waals surface area (Å²) in [6.45, 7) is 6.56. The molecule has 0 unspecified atom stereocenters. The predicted octanol–water partition coefficient (Wildman–Crippen LogP) is 3.96. The highest BCUT2D eigenvalue weighted by atomic mass is 16.5. The second kappa shape index (κ2) is 6.89. The van der Waals surface area contributed by atoms with Crippen molar-refractivity contribution in [3.8, 4) is 11.4 Å². The van der Waals surface area contributed by atoms with Crippen LogP contribution in [0.25, 0.3) is 11.4 Å². The Hall–Kier alpha value is -2.95. The monoisotopic (exact) mass is 335 g/mol. The van der Waals surface area contributed by atoms with Gasteiger partial charge >= 0.3 is 0 Å². The van der Waals surface area contributed by atoms with Gasteiger partial charge in [0.2, 0.25) is 11.7 Å². The lowest BCUT2D eigenvalue weighted by Crippen LogP contribution is -2.22. The molecule has 3 aromatic rings. The second-order valence-electron chi connectivity index (χ2n) is 6.92. The van der Waals surface area contributed by atoms with Gasteiger partial charge < -0.3 is 9.84 Å². The van der Waals surface area contributed by atoms with Gasteiger partial charge in [-0.15, -0.1) is 0 Å². The minimum absolute atomic E-state index is 0.112. The first-order valence-electron chi connectivity index (χ1n) is 8.20. The van der Waals surface area contributed by atoms with E-state index < -0.39 is 0 Å². The van der Waals surface area contributed by atoms with Crippen molar-refractivity contribution < 1.29 is 9.32 Å². The van der Waals surface area contributed by atoms with Crippen molar-refractivity contribution >= 4 is 5.91 Å². The molecule has 2 aromatic carbocycles. The van der Waals surface area contributed by atoms with E-state index in [4.69, 9.17) is 4.52 Å². The van der Waals surface area contributed by atoms with E-state index in [9.17, 15) is 4.79 Å². The summed E-state index contributed by atoms with van der Waals surface area (Å²) in [4.78, 5) is 16.7. The largest absolute Gasteiger partial charge is 0.348 e. The Morgan fingerprint density at radius 2 is 1.72 bits per heavy atom. The molecule has 5 heteroatoms. The zero-order chi connectivity index (χ0) is 17.9. The summed E-state index contributed by atoms with van der Waals surface area (Å²) in [5.74, 6) is 1.01. The molecule has 1 amide bonds. The maximum Gasteiger partial charge on any atom is 0.251 e. The third-order valence-corrected chi connectivity index (χ3v) is 3.77. The van der Waals surface area contributed by atoms with E-state index in [1.807, 2.05) is 63.2 Å². The molecule has 0 atom stereocenters. The Labute approximate surface area is 147 Å². The fourth-order valence-corrected chi connectivity index (χ4v) is 2.30. The Morgan fingerprint density at radius 3 is 2.32 bits per heavy atom. The minimum Gasteiger partial charge on any atom is -0.348 e. The molecule has 1 heterocycles. The number of nitrogens with one attached hydrogen (secondary N) is 1. The Bertz CT molecular complexity index is 847. The molecule has 0 aliphatic heterocycles. The molecular formula is C20H21N3O2. The minimum atomic E-state index is -0.192. The first-order valence-corrected chi connectivity index (χ1v) is 8.20. The number of aromatic nitrogens is 2. The van der Waals surface area contributed by atoms with Crippen LogP contribution in [0.2, 0.25) is 0 Å². The van der Waals surface area contributed by atoms with E-state index in [0.717, 1.165) is 11.1 Å². The van der Waals surface area contributed by atoms with E-state index in [0.29, 0.717) is 23.8 Å². The van der Waals surface area contributed by atoms with E-state index in [-0.39, 0.29) is 11.3 Å². The van der Waals surface area contributed by atoms with Crippen molar-refractivity contribution in [1.82, 2.24) is 15.5 Å². The number of nitrogens with zero attached hydrogens (tertiary/aromatic N) is 2. The molecular weight excluding hydrogens is 314 g/mol. The molecule has 0 fully saturated rings. The molecule has 0 aliphatic carbocycles. The van der Waals surface area contributed by atoms with Gasteiger partial charge in [-0.05, 0) is 17.7 Å². The number of carbonyl (C=O) groups is 1. The van der Waals surface area contributed by atoms with Gasteiger partial charge in [0.1, 0.15) is 0 Å². The highest BCUT2D eigenvalue weighted by Crippen LogP contribution is 2.23. The molecule has 0 bridgehead atoms. The summed E-state index contributed by atoms with van der Waals surface area (Å²) >= 11 is 0. The maximum absolute atomic E-state index is 12.2. The predicted molar refractivity (Wildman–Crippen MR) is 96.0 cm³/mol. The van der Waals surface area contributed by atoms with Gasteiger partial charge in [-0.3, -0.25) is 4.79 Å². The van der Waals surface area contributed by atoms with Crippen LogP contribution in [0.5, 0.6) is 0 Å². The summed E-state index contributed by atoms with van der Waals surface area (Å²) in [7, 11) is 0. The number of benzene rings is 2. The van der Waals surface area contributed by atoms with Crippen LogP contribution in [0.3, 0.4) is 0 Å². The summed E-state index contributed by atoms with van der Waals surface area (Å²) in [5, 5.41) is 6.93. The summed E-state index contributed by atoms with van der Waals surface area (Å²) in [6.07, 6.45) is 0. The van der Waals surface area contributed by atoms with E-state index in [1.54, 1.807) is 12.1 Å². The summed E-state index contributed by atoms with van der Waals surface area (Å²) in [6, 6.07) is 17.0. The van der Waals surface area contributed by atoms with E-state index >= 15 is 0 Å². The van der Waals surface area contributed by atoms with E-state index in [2.05, 4.69) is 15.5 Å².